The van der Waals surface area contributed by atoms with Crippen molar-refractivity contribution in [1.29, 1.82) is 0 Å². The van der Waals surface area contributed by atoms with Crippen LogP contribution in [-0.4, -0.2) is 58.4 Å². The first-order valence-corrected chi connectivity index (χ1v) is 7.20. The largest absolute Gasteiger partial charge is 0.480 e. The van der Waals surface area contributed by atoms with Gasteiger partial charge in [0.05, 0.1) is 11.7 Å². The highest BCUT2D eigenvalue weighted by molar-refractivity contribution is 8.00. The van der Waals surface area contributed by atoms with E-state index in [1.807, 2.05) is 0 Å². The van der Waals surface area contributed by atoms with Crippen molar-refractivity contribution in [3.8, 4) is 0 Å². The second-order valence-corrected chi connectivity index (χ2v) is 5.57. The molecule has 1 heterocycles. The number of nitrogens with zero attached hydrogens (tertiary/aromatic N) is 1. The number of piperidine rings is 1. The Morgan fingerprint density at radius 2 is 2.11 bits per heavy atom. The highest BCUT2D eigenvalue weighted by Gasteiger charge is 2.26. The first-order chi connectivity index (χ1) is 8.91. The molecule has 0 saturated carbocycles. The Balaban J connectivity index is 2.33. The van der Waals surface area contributed by atoms with Gasteiger partial charge in [0.2, 0.25) is 11.8 Å². The Morgan fingerprint density at radius 3 is 2.68 bits per heavy atom. The van der Waals surface area contributed by atoms with Crippen molar-refractivity contribution in [2.24, 2.45) is 17.4 Å². The van der Waals surface area contributed by atoms with Crippen molar-refractivity contribution in [3.63, 3.8) is 0 Å². The van der Waals surface area contributed by atoms with E-state index in [1.54, 1.807) is 4.90 Å². The fourth-order valence-electron chi connectivity index (χ4n) is 1.87. The van der Waals surface area contributed by atoms with E-state index in [1.165, 1.54) is 11.8 Å². The molecule has 0 bridgehead atoms. The molecule has 1 rings (SSSR count). The van der Waals surface area contributed by atoms with Crippen LogP contribution in [0.2, 0.25) is 0 Å². The predicted molar refractivity (Wildman–Crippen MR) is 71.4 cm³/mol. The van der Waals surface area contributed by atoms with Crippen molar-refractivity contribution < 1.29 is 19.5 Å². The van der Waals surface area contributed by atoms with E-state index in [-0.39, 0.29) is 29.2 Å². The average molecular weight is 289 g/mol. The van der Waals surface area contributed by atoms with Gasteiger partial charge in [-0.05, 0) is 12.8 Å². The van der Waals surface area contributed by atoms with Crippen LogP contribution in [0.15, 0.2) is 0 Å². The minimum Gasteiger partial charge on any atom is -0.480 e. The molecule has 108 valence electrons. The van der Waals surface area contributed by atoms with Gasteiger partial charge < -0.3 is 21.5 Å². The van der Waals surface area contributed by atoms with Crippen molar-refractivity contribution in [2.45, 2.75) is 18.9 Å². The molecule has 1 aliphatic rings. The van der Waals surface area contributed by atoms with E-state index in [2.05, 4.69) is 0 Å². The van der Waals surface area contributed by atoms with E-state index in [9.17, 15) is 14.4 Å². The molecule has 8 heteroatoms. The van der Waals surface area contributed by atoms with Crippen LogP contribution in [0, 0.1) is 5.92 Å². The number of thioether (sulfide) groups is 1. The quantitative estimate of drug-likeness (QED) is 0.567. The van der Waals surface area contributed by atoms with Gasteiger partial charge in [-0.3, -0.25) is 14.4 Å². The third-order valence-electron chi connectivity index (χ3n) is 3.02. The molecule has 0 radical (unpaired) electrons. The molecule has 2 amide bonds. The zero-order valence-electron chi connectivity index (χ0n) is 10.6. The molecule has 0 spiro atoms. The van der Waals surface area contributed by atoms with Gasteiger partial charge in [0, 0.05) is 18.8 Å². The maximum absolute atomic E-state index is 11.9. The van der Waals surface area contributed by atoms with E-state index < -0.39 is 12.0 Å². The van der Waals surface area contributed by atoms with Gasteiger partial charge in [-0.2, -0.15) is 0 Å². The summed E-state index contributed by atoms with van der Waals surface area (Å²) >= 11 is 1.19. The van der Waals surface area contributed by atoms with Crippen molar-refractivity contribution in [3.05, 3.63) is 0 Å². The molecule has 1 saturated heterocycles. The lowest BCUT2D eigenvalue weighted by atomic mass is 9.97. The molecule has 5 N–H and O–H groups in total. The average Bonchev–Trinajstić information content (AvgIpc) is 2.38. The molecule has 7 nitrogen and oxygen atoms in total. The van der Waals surface area contributed by atoms with Gasteiger partial charge in [0.25, 0.3) is 0 Å². The smallest absolute Gasteiger partial charge is 0.321 e. The topological polar surface area (TPSA) is 127 Å². The summed E-state index contributed by atoms with van der Waals surface area (Å²) in [6.07, 6.45) is 1.48. The van der Waals surface area contributed by atoms with E-state index >= 15 is 0 Å². The molecular weight excluding hydrogens is 270 g/mol. The molecule has 0 aliphatic carbocycles. The maximum Gasteiger partial charge on any atom is 0.321 e. The number of carboxylic acid groups (broad SMARTS) is 1. The number of aliphatic carboxylic acids is 1. The van der Waals surface area contributed by atoms with Gasteiger partial charge in [-0.25, -0.2) is 0 Å². The number of amides is 2. The SMILES string of the molecule is NC(=O)C1CCCN(C(=O)CSCC(N)C(=O)O)C1. The number of carbonyl (C=O) groups excluding carboxylic acids is 2. The zero-order chi connectivity index (χ0) is 14.4. The Bertz CT molecular complexity index is 364. The fourth-order valence-corrected chi connectivity index (χ4v) is 2.74. The Morgan fingerprint density at radius 1 is 1.42 bits per heavy atom. The van der Waals surface area contributed by atoms with Crippen LogP contribution in [0.5, 0.6) is 0 Å². The first kappa shape index (κ1) is 15.8. The van der Waals surface area contributed by atoms with Crippen LogP contribution >= 0.6 is 11.8 Å². The number of hydrogen-bond donors (Lipinski definition) is 3. The van der Waals surface area contributed by atoms with Crippen molar-refractivity contribution >= 4 is 29.5 Å². The van der Waals surface area contributed by atoms with Crippen LogP contribution in [0.4, 0.5) is 0 Å². The summed E-state index contributed by atoms with van der Waals surface area (Å²) in [7, 11) is 0. The lowest BCUT2D eigenvalue weighted by Gasteiger charge is -2.31. The fraction of sp³-hybridized carbons (Fsp3) is 0.727. The zero-order valence-corrected chi connectivity index (χ0v) is 11.4. The number of hydrogen-bond acceptors (Lipinski definition) is 5. The van der Waals surface area contributed by atoms with Crippen LogP contribution in [0.1, 0.15) is 12.8 Å². The lowest BCUT2D eigenvalue weighted by Crippen LogP contribution is -2.45. The van der Waals surface area contributed by atoms with Crippen molar-refractivity contribution in [2.75, 3.05) is 24.6 Å². The van der Waals surface area contributed by atoms with Gasteiger partial charge in [-0.1, -0.05) is 0 Å². The highest BCUT2D eigenvalue weighted by atomic mass is 32.2. The monoisotopic (exact) mass is 289 g/mol. The minimum absolute atomic E-state index is 0.103. The third kappa shape index (κ3) is 5.07. The van der Waals surface area contributed by atoms with Crippen LogP contribution in [0.25, 0.3) is 0 Å². The first-order valence-electron chi connectivity index (χ1n) is 6.05. The van der Waals surface area contributed by atoms with Gasteiger partial charge in [0.15, 0.2) is 0 Å². The Hall–Kier alpha value is -1.28. The molecule has 0 aromatic rings. The van der Waals surface area contributed by atoms with Crippen LogP contribution in [0.3, 0.4) is 0 Å². The molecule has 0 aromatic heterocycles. The number of primary amides is 1. The molecule has 1 aliphatic heterocycles. The Kier molecular flexibility index (Phi) is 6.10. The van der Waals surface area contributed by atoms with E-state index in [0.29, 0.717) is 13.1 Å². The van der Waals surface area contributed by atoms with E-state index in [0.717, 1.165) is 12.8 Å². The maximum atomic E-state index is 11.9. The van der Waals surface area contributed by atoms with Gasteiger partial charge in [-0.15, -0.1) is 11.8 Å². The summed E-state index contributed by atoms with van der Waals surface area (Å²) in [6, 6.07) is -0.961. The molecular formula is C11H19N3O4S. The summed E-state index contributed by atoms with van der Waals surface area (Å²) in [4.78, 5) is 35.1. The second kappa shape index (κ2) is 7.34. The number of likely N-dealkylation sites (tertiary alicyclic amines) is 1. The van der Waals surface area contributed by atoms with Crippen molar-refractivity contribution in [1.82, 2.24) is 4.90 Å². The number of carboxylic acids is 1. The number of nitrogens with two attached hydrogens (primary N) is 2. The molecule has 1 fully saturated rings. The normalized spacial score (nSPS) is 20.9. The molecule has 19 heavy (non-hydrogen) atoms. The molecule has 2 atom stereocenters. The molecule has 0 aromatic carbocycles. The molecule has 2 unspecified atom stereocenters. The van der Waals surface area contributed by atoms with Gasteiger partial charge in [0.1, 0.15) is 6.04 Å². The van der Waals surface area contributed by atoms with Crippen LogP contribution < -0.4 is 11.5 Å². The summed E-state index contributed by atoms with van der Waals surface area (Å²) < 4.78 is 0. The number of rotatable bonds is 6. The summed E-state index contributed by atoms with van der Waals surface area (Å²) in [6.45, 7) is 0.980. The Labute approximate surface area is 115 Å². The van der Waals surface area contributed by atoms with E-state index in [4.69, 9.17) is 16.6 Å². The summed E-state index contributed by atoms with van der Waals surface area (Å²) in [5.74, 6) is -1.47. The van der Waals surface area contributed by atoms with Gasteiger partial charge >= 0.3 is 5.97 Å². The summed E-state index contributed by atoms with van der Waals surface area (Å²) in [5.41, 5.74) is 10.6. The predicted octanol–water partition coefficient (Wildman–Crippen LogP) is -1.14. The van der Waals surface area contributed by atoms with Crippen LogP contribution in [-0.2, 0) is 14.4 Å². The second-order valence-electron chi connectivity index (χ2n) is 4.54. The highest BCUT2D eigenvalue weighted by Crippen LogP contribution is 2.17. The standard InChI is InChI=1S/C11H19N3O4S/c12-8(11(17)18)5-19-6-9(15)14-3-1-2-7(4-14)10(13)16/h7-8H,1-6,12H2,(H2,13,16)(H,17,18). The minimum atomic E-state index is -1.08. The lowest BCUT2D eigenvalue weighted by molar-refractivity contribution is -0.138. The number of carbonyl (C=O) groups is 3. The third-order valence-corrected chi connectivity index (χ3v) is 4.06. The summed E-state index contributed by atoms with van der Waals surface area (Å²) in [5, 5.41) is 8.61.